The number of halogens is 2. The normalized spacial score (nSPS) is 11.6. The number of nitrogens with zero attached hydrogens (tertiary/aromatic N) is 1. The molecule has 0 saturated carbocycles. The van der Waals surface area contributed by atoms with Gasteiger partial charge in [-0.05, 0) is 46.4 Å². The van der Waals surface area contributed by atoms with E-state index in [4.69, 9.17) is 17.3 Å². The van der Waals surface area contributed by atoms with Crippen molar-refractivity contribution in [2.75, 3.05) is 0 Å². The van der Waals surface area contributed by atoms with Crippen LogP contribution in [-0.4, -0.2) is 0 Å². The molecule has 2 aromatic rings. The van der Waals surface area contributed by atoms with Crippen LogP contribution in [0.2, 0.25) is 5.02 Å². The van der Waals surface area contributed by atoms with E-state index in [1.54, 1.807) is 12.1 Å². The Hall–Kier alpha value is -1.51. The predicted molar refractivity (Wildman–Crippen MR) is 87.2 cm³/mol. The minimum Gasteiger partial charge on any atom is -0.397 e. The molecule has 0 spiro atoms. The fourth-order valence-electron chi connectivity index (χ4n) is 1.72. The van der Waals surface area contributed by atoms with Crippen LogP contribution in [0.5, 0.6) is 0 Å². The van der Waals surface area contributed by atoms with Crippen LogP contribution in [0.4, 0.5) is 0 Å². The molecule has 0 aromatic heterocycles. The van der Waals surface area contributed by atoms with Crippen LogP contribution in [0, 0.1) is 14.9 Å². The molecule has 19 heavy (non-hydrogen) atoms. The van der Waals surface area contributed by atoms with Crippen molar-refractivity contribution in [2.45, 2.75) is 0 Å². The smallest absolute Gasteiger partial charge is 0.102 e. The zero-order valence-electron chi connectivity index (χ0n) is 9.90. The first-order valence-corrected chi connectivity index (χ1v) is 7.00. The zero-order valence-corrected chi connectivity index (χ0v) is 12.8. The van der Waals surface area contributed by atoms with Crippen LogP contribution < -0.4 is 5.73 Å². The molecule has 94 valence electrons. The summed E-state index contributed by atoms with van der Waals surface area (Å²) in [5, 5.41) is 9.95. The second-order valence-electron chi connectivity index (χ2n) is 3.89. The van der Waals surface area contributed by atoms with Gasteiger partial charge in [-0.3, -0.25) is 0 Å². The molecule has 0 saturated heterocycles. The molecule has 0 aliphatic carbocycles. The summed E-state index contributed by atoms with van der Waals surface area (Å²) in [4.78, 5) is 0. The average Bonchev–Trinajstić information content (AvgIpc) is 2.43. The number of rotatable bonds is 2. The Morgan fingerprint density at radius 2 is 1.84 bits per heavy atom. The molecule has 2 nitrogen and oxygen atoms in total. The fraction of sp³-hybridized carbons (Fsp3) is 0. The van der Waals surface area contributed by atoms with Crippen LogP contribution in [-0.2, 0) is 0 Å². The Labute approximate surface area is 130 Å². The molecule has 2 rings (SSSR count). The number of hydrogen-bond donors (Lipinski definition) is 1. The van der Waals surface area contributed by atoms with Gasteiger partial charge in [-0.1, -0.05) is 41.9 Å². The van der Waals surface area contributed by atoms with Crippen molar-refractivity contribution >= 4 is 45.5 Å². The van der Waals surface area contributed by atoms with Gasteiger partial charge in [0.2, 0.25) is 0 Å². The summed E-state index contributed by atoms with van der Waals surface area (Å²) in [6, 6.07) is 17.0. The lowest BCUT2D eigenvalue weighted by Gasteiger charge is -2.09. The molecule has 0 atom stereocenters. The number of nitrogens with two attached hydrogens (primary N) is 1. The highest BCUT2D eigenvalue weighted by molar-refractivity contribution is 14.1. The highest BCUT2D eigenvalue weighted by atomic mass is 127. The summed E-state index contributed by atoms with van der Waals surface area (Å²) in [5.74, 6) is 0. The van der Waals surface area contributed by atoms with Gasteiger partial charge in [0.25, 0.3) is 0 Å². The Morgan fingerprint density at radius 3 is 2.47 bits per heavy atom. The number of hydrogen-bond acceptors (Lipinski definition) is 2. The summed E-state index contributed by atoms with van der Waals surface area (Å²) in [7, 11) is 0. The molecule has 0 unspecified atom stereocenters. The summed E-state index contributed by atoms with van der Waals surface area (Å²) in [6.45, 7) is 0. The molecule has 0 fully saturated rings. The first-order chi connectivity index (χ1) is 9.13. The lowest BCUT2D eigenvalue weighted by molar-refractivity contribution is 1.46. The monoisotopic (exact) mass is 380 g/mol. The molecule has 0 heterocycles. The zero-order chi connectivity index (χ0) is 13.8. The number of allylic oxidation sites excluding steroid dienone is 1. The van der Waals surface area contributed by atoms with Crippen LogP contribution in [0.25, 0.3) is 11.3 Å². The second-order valence-corrected chi connectivity index (χ2v) is 5.49. The van der Waals surface area contributed by atoms with Crippen LogP contribution in [0.3, 0.4) is 0 Å². The quantitative estimate of drug-likeness (QED) is 0.480. The molecular formula is C15H10ClIN2. The number of nitriles is 1. The molecule has 0 radical (unpaired) electrons. The summed E-state index contributed by atoms with van der Waals surface area (Å²) in [5.41, 5.74) is 8.64. The number of benzene rings is 2. The molecule has 0 bridgehead atoms. The van der Waals surface area contributed by atoms with Crippen molar-refractivity contribution in [1.82, 2.24) is 0 Å². The van der Waals surface area contributed by atoms with E-state index < -0.39 is 0 Å². The molecule has 2 N–H and O–H groups in total. The molecule has 2 aromatic carbocycles. The van der Waals surface area contributed by atoms with Gasteiger partial charge < -0.3 is 5.73 Å². The Bertz CT molecular complexity index is 672. The standard InChI is InChI=1S/C15H10ClIN2/c16-11-6-7-14(17)12(8-11)15(19)13(9-18)10-4-2-1-3-5-10/h1-8H,19H2/b15-13-. The van der Waals surface area contributed by atoms with E-state index in [1.165, 1.54) is 0 Å². The van der Waals surface area contributed by atoms with E-state index in [1.807, 2.05) is 36.4 Å². The molecular weight excluding hydrogens is 371 g/mol. The maximum absolute atomic E-state index is 9.35. The van der Waals surface area contributed by atoms with E-state index in [0.717, 1.165) is 14.7 Å². The average molecular weight is 381 g/mol. The Kier molecular flexibility index (Phi) is 4.46. The highest BCUT2D eigenvalue weighted by Crippen LogP contribution is 2.27. The van der Waals surface area contributed by atoms with Crippen molar-refractivity contribution in [2.24, 2.45) is 5.73 Å². The van der Waals surface area contributed by atoms with Crippen molar-refractivity contribution in [1.29, 1.82) is 5.26 Å². The fourth-order valence-corrected chi connectivity index (χ4v) is 2.52. The van der Waals surface area contributed by atoms with Gasteiger partial charge in [0, 0.05) is 14.2 Å². The third-order valence-electron chi connectivity index (χ3n) is 2.66. The van der Waals surface area contributed by atoms with Crippen molar-refractivity contribution < 1.29 is 0 Å². The predicted octanol–water partition coefficient (Wildman–Crippen LogP) is 4.30. The van der Waals surface area contributed by atoms with E-state index in [2.05, 4.69) is 28.7 Å². The topological polar surface area (TPSA) is 49.8 Å². The first-order valence-electron chi connectivity index (χ1n) is 5.54. The van der Waals surface area contributed by atoms with Gasteiger partial charge in [-0.25, -0.2) is 0 Å². The maximum Gasteiger partial charge on any atom is 0.102 e. The van der Waals surface area contributed by atoms with Gasteiger partial charge in [0.1, 0.15) is 6.07 Å². The van der Waals surface area contributed by atoms with Gasteiger partial charge in [0.05, 0.1) is 11.3 Å². The molecule has 0 amide bonds. The summed E-state index contributed by atoms with van der Waals surface area (Å²) in [6.07, 6.45) is 0. The summed E-state index contributed by atoms with van der Waals surface area (Å²) < 4.78 is 0.961. The minimum absolute atomic E-state index is 0.445. The van der Waals surface area contributed by atoms with Crippen molar-refractivity contribution in [3.05, 3.63) is 68.3 Å². The Morgan fingerprint density at radius 1 is 1.16 bits per heavy atom. The molecule has 4 heteroatoms. The van der Waals surface area contributed by atoms with Gasteiger partial charge in [-0.2, -0.15) is 5.26 Å². The van der Waals surface area contributed by atoms with Gasteiger partial charge in [0.15, 0.2) is 0 Å². The largest absolute Gasteiger partial charge is 0.397 e. The second kappa shape index (κ2) is 6.09. The van der Waals surface area contributed by atoms with E-state index in [-0.39, 0.29) is 0 Å². The summed E-state index contributed by atoms with van der Waals surface area (Å²) >= 11 is 8.17. The van der Waals surface area contributed by atoms with Crippen LogP contribution in [0.1, 0.15) is 11.1 Å². The SMILES string of the molecule is N#C/C(=C(/N)c1cc(Cl)ccc1I)c1ccccc1. The highest BCUT2D eigenvalue weighted by Gasteiger charge is 2.11. The first kappa shape index (κ1) is 13.9. The minimum atomic E-state index is 0.445. The third-order valence-corrected chi connectivity index (χ3v) is 3.84. The lowest BCUT2D eigenvalue weighted by atomic mass is 10.0. The molecule has 0 aliphatic rings. The van der Waals surface area contributed by atoms with Crippen molar-refractivity contribution in [3.8, 4) is 6.07 Å². The molecule has 0 aliphatic heterocycles. The third kappa shape index (κ3) is 3.09. The van der Waals surface area contributed by atoms with E-state index in [0.29, 0.717) is 16.3 Å². The van der Waals surface area contributed by atoms with Crippen LogP contribution >= 0.6 is 34.2 Å². The van der Waals surface area contributed by atoms with Crippen LogP contribution in [0.15, 0.2) is 48.5 Å². The van der Waals surface area contributed by atoms with E-state index >= 15 is 0 Å². The van der Waals surface area contributed by atoms with Crippen molar-refractivity contribution in [3.63, 3.8) is 0 Å². The lowest BCUT2D eigenvalue weighted by Crippen LogP contribution is -2.02. The maximum atomic E-state index is 9.35. The Balaban J connectivity index is 2.62. The van der Waals surface area contributed by atoms with Gasteiger partial charge >= 0.3 is 0 Å². The van der Waals surface area contributed by atoms with E-state index in [9.17, 15) is 5.26 Å². The van der Waals surface area contributed by atoms with Gasteiger partial charge in [-0.15, -0.1) is 0 Å².